The zero-order valence-electron chi connectivity index (χ0n) is 26.5. The molecule has 0 radical (unpaired) electrons. The number of aryl methyl sites for hydroxylation is 4. The molecule has 2 amide bonds. The van der Waals surface area contributed by atoms with E-state index in [1.54, 1.807) is 40.5 Å². The molecule has 0 N–H and O–H groups in total. The fourth-order valence-electron chi connectivity index (χ4n) is 6.35. The Labute approximate surface area is 262 Å². The van der Waals surface area contributed by atoms with Crippen LogP contribution >= 0.6 is 0 Å². The number of methoxy groups -OCH3 is 1. The first-order valence-corrected chi connectivity index (χ1v) is 15.5. The Balaban J connectivity index is 1.47. The molecule has 0 saturated carbocycles. The summed E-state index contributed by atoms with van der Waals surface area (Å²) in [5.41, 5.74) is 7.56. The highest BCUT2D eigenvalue weighted by Gasteiger charge is 2.35. The minimum atomic E-state index is -0.351. The number of carbonyl (C=O) groups excluding carboxylic acids is 2. The summed E-state index contributed by atoms with van der Waals surface area (Å²) in [5.74, 6) is 0.604. The molecule has 0 fully saturated rings. The summed E-state index contributed by atoms with van der Waals surface area (Å²) >= 11 is 0. The zero-order valence-corrected chi connectivity index (χ0v) is 26.5. The Morgan fingerprint density at radius 3 is 2.18 bits per heavy atom. The number of nitrogens with zero attached hydrogens (tertiary/aromatic N) is 4. The molecule has 0 spiro atoms. The number of amides is 2. The average molecular weight is 607 g/mol. The predicted molar refractivity (Wildman–Crippen MR) is 172 cm³/mol. The summed E-state index contributed by atoms with van der Waals surface area (Å²) in [6.45, 7) is 9.40. The van der Waals surface area contributed by atoms with Crippen molar-refractivity contribution in [1.29, 1.82) is 0 Å². The monoisotopic (exact) mass is 606 g/mol. The second kappa shape index (κ2) is 12.2. The molecular weight excluding hydrogens is 568 g/mol. The van der Waals surface area contributed by atoms with Crippen LogP contribution in [0.4, 0.5) is 5.69 Å². The van der Waals surface area contributed by atoms with Crippen LogP contribution in [0.3, 0.4) is 0 Å². The Kier molecular flexibility index (Phi) is 8.18. The second-order valence-electron chi connectivity index (χ2n) is 11.8. The minimum Gasteiger partial charge on any atom is -0.493 e. The Morgan fingerprint density at radius 1 is 0.844 bits per heavy atom. The number of fused-ring (bicyclic) bond motifs is 4. The van der Waals surface area contributed by atoms with Gasteiger partial charge in [-0.3, -0.25) is 23.6 Å². The number of rotatable bonds is 9. The maximum absolute atomic E-state index is 14.3. The van der Waals surface area contributed by atoms with Crippen LogP contribution in [-0.4, -0.2) is 46.1 Å². The molecule has 2 aliphatic rings. The van der Waals surface area contributed by atoms with Crippen molar-refractivity contribution >= 4 is 17.5 Å². The number of benzene rings is 3. The third-order valence-corrected chi connectivity index (χ3v) is 8.61. The fraction of sp³-hybridized carbons (Fsp3) is 0.333. The van der Waals surface area contributed by atoms with E-state index in [4.69, 9.17) is 14.5 Å². The first-order valence-electron chi connectivity index (χ1n) is 15.5. The minimum absolute atomic E-state index is 0.0445. The molecule has 1 aromatic heterocycles. The van der Waals surface area contributed by atoms with Crippen molar-refractivity contribution in [2.24, 2.45) is 4.99 Å². The van der Waals surface area contributed by atoms with E-state index >= 15 is 0 Å². The van der Waals surface area contributed by atoms with Gasteiger partial charge in [0.05, 0.1) is 36.2 Å². The summed E-state index contributed by atoms with van der Waals surface area (Å²) < 4.78 is 15.1. The molecule has 4 aromatic rings. The number of unbranched alkanes of at least 4 members (excludes halogenated alkanes) is 1. The zero-order chi connectivity index (χ0) is 31.8. The lowest BCUT2D eigenvalue weighted by Crippen LogP contribution is -2.45. The van der Waals surface area contributed by atoms with E-state index in [0.29, 0.717) is 47.7 Å². The average Bonchev–Trinajstić information content (AvgIpc) is 3.26. The van der Waals surface area contributed by atoms with Crippen LogP contribution in [-0.2, 0) is 19.5 Å². The lowest BCUT2D eigenvalue weighted by Gasteiger charge is -2.25. The number of hydrogen-bond donors (Lipinski definition) is 0. The molecule has 9 heteroatoms. The molecule has 232 valence electrons. The van der Waals surface area contributed by atoms with Gasteiger partial charge in [-0.15, -0.1) is 0 Å². The number of hydrogen-bond acceptors (Lipinski definition) is 6. The summed E-state index contributed by atoms with van der Waals surface area (Å²) in [4.78, 5) is 46.8. The molecule has 0 atom stereocenters. The Hall–Kier alpha value is -4.92. The van der Waals surface area contributed by atoms with Gasteiger partial charge in [0, 0.05) is 31.3 Å². The van der Waals surface area contributed by atoms with Crippen LogP contribution in [0.5, 0.6) is 11.5 Å². The molecule has 6 rings (SSSR count). The summed E-state index contributed by atoms with van der Waals surface area (Å²) in [6, 6.07) is 16.8. The van der Waals surface area contributed by atoms with E-state index in [-0.39, 0.29) is 30.6 Å². The van der Waals surface area contributed by atoms with Crippen molar-refractivity contribution in [2.45, 2.75) is 60.0 Å². The second-order valence-corrected chi connectivity index (χ2v) is 11.8. The molecule has 3 heterocycles. The normalized spacial score (nSPS) is 14.0. The van der Waals surface area contributed by atoms with Gasteiger partial charge in [-0.25, -0.2) is 9.79 Å². The topological polar surface area (TPSA) is 95.1 Å². The number of aromatic nitrogens is 2. The first-order chi connectivity index (χ1) is 21.7. The van der Waals surface area contributed by atoms with Gasteiger partial charge in [-0.2, -0.15) is 0 Å². The highest BCUT2D eigenvalue weighted by Crippen LogP contribution is 2.38. The van der Waals surface area contributed by atoms with E-state index in [0.717, 1.165) is 52.0 Å². The van der Waals surface area contributed by atoms with Crippen LogP contribution < -0.4 is 20.7 Å². The van der Waals surface area contributed by atoms with Gasteiger partial charge in [-0.1, -0.05) is 43.2 Å². The van der Waals surface area contributed by atoms with Gasteiger partial charge in [0.1, 0.15) is 5.49 Å². The van der Waals surface area contributed by atoms with Crippen LogP contribution in [0.1, 0.15) is 62.7 Å². The number of carbonyl (C=O) groups is 2. The fourth-order valence-corrected chi connectivity index (χ4v) is 6.35. The van der Waals surface area contributed by atoms with Gasteiger partial charge in [-0.05, 0) is 74.6 Å². The first kappa shape index (κ1) is 30.1. The van der Waals surface area contributed by atoms with Crippen molar-refractivity contribution in [3.05, 3.63) is 104 Å². The molecule has 2 aliphatic heterocycles. The van der Waals surface area contributed by atoms with Crippen molar-refractivity contribution in [3.63, 3.8) is 0 Å². The van der Waals surface area contributed by atoms with Crippen LogP contribution in [0.2, 0.25) is 0 Å². The Bertz CT molecular complexity index is 1910. The predicted octanol–water partition coefficient (Wildman–Crippen LogP) is 5.51. The van der Waals surface area contributed by atoms with Crippen molar-refractivity contribution in [2.75, 3.05) is 20.3 Å². The van der Waals surface area contributed by atoms with Crippen molar-refractivity contribution in [3.8, 4) is 22.8 Å². The van der Waals surface area contributed by atoms with Crippen LogP contribution in [0.25, 0.3) is 11.3 Å². The van der Waals surface area contributed by atoms with Crippen LogP contribution in [0, 0.1) is 20.8 Å². The van der Waals surface area contributed by atoms with E-state index in [2.05, 4.69) is 19.1 Å². The molecular formula is C36H38N4O5. The van der Waals surface area contributed by atoms with E-state index in [1.165, 1.54) is 4.90 Å². The number of ether oxygens (including phenoxy) is 2. The number of imide groups is 1. The third kappa shape index (κ3) is 5.47. The summed E-state index contributed by atoms with van der Waals surface area (Å²) in [5, 5.41) is 0. The van der Waals surface area contributed by atoms with Crippen LogP contribution in [0.15, 0.2) is 64.4 Å². The third-order valence-electron chi connectivity index (χ3n) is 8.61. The maximum atomic E-state index is 14.3. The quantitative estimate of drug-likeness (QED) is 0.185. The highest BCUT2D eigenvalue weighted by atomic mass is 16.5. The van der Waals surface area contributed by atoms with Gasteiger partial charge in [0.25, 0.3) is 11.8 Å². The van der Waals surface area contributed by atoms with Crippen molar-refractivity contribution < 1.29 is 19.1 Å². The lowest BCUT2D eigenvalue weighted by molar-refractivity contribution is 0.0647. The molecule has 0 bridgehead atoms. The van der Waals surface area contributed by atoms with E-state index < -0.39 is 0 Å². The van der Waals surface area contributed by atoms with Gasteiger partial charge >= 0.3 is 5.69 Å². The SMILES string of the molecule is CCCCOc1cc2c(cc1OC)-c1cc(=Nc3c(C)cc(C)cc3C)n(CCN3C(=O)c4ccccc4C3=O)c(=O)n1CC2. The molecule has 9 nitrogen and oxygen atoms in total. The van der Waals surface area contributed by atoms with E-state index in [9.17, 15) is 14.4 Å². The van der Waals surface area contributed by atoms with Crippen molar-refractivity contribution in [1.82, 2.24) is 14.0 Å². The largest absolute Gasteiger partial charge is 0.493 e. The summed E-state index contributed by atoms with van der Waals surface area (Å²) in [6.07, 6.45) is 2.62. The van der Waals surface area contributed by atoms with Gasteiger partial charge in [0.15, 0.2) is 11.5 Å². The lowest BCUT2D eigenvalue weighted by atomic mass is 9.97. The Morgan fingerprint density at radius 2 is 1.53 bits per heavy atom. The standard InChI is InChI=1S/C36H38N4O5/c1-6-7-16-45-31-19-25-12-13-38-29(28(25)20-30(31)44-5)21-32(37-33-23(3)17-22(2)18-24(33)4)39(36(38)43)14-15-40-34(41)26-10-8-9-11-27(26)35(40)42/h8-11,17-21H,6-7,12-16H2,1-5H3. The van der Waals surface area contributed by atoms with E-state index in [1.807, 2.05) is 39.0 Å². The van der Waals surface area contributed by atoms with Gasteiger partial charge < -0.3 is 9.47 Å². The molecule has 0 aliphatic carbocycles. The molecule has 3 aromatic carbocycles. The maximum Gasteiger partial charge on any atom is 0.330 e. The molecule has 0 saturated heterocycles. The highest BCUT2D eigenvalue weighted by molar-refractivity contribution is 6.21. The molecule has 45 heavy (non-hydrogen) atoms. The smallest absolute Gasteiger partial charge is 0.330 e. The van der Waals surface area contributed by atoms with Gasteiger partial charge in [0.2, 0.25) is 0 Å². The summed E-state index contributed by atoms with van der Waals surface area (Å²) in [7, 11) is 1.62. The molecule has 0 unspecified atom stereocenters.